The molecule has 0 aromatic heterocycles. The van der Waals surface area contributed by atoms with Gasteiger partial charge in [-0.3, -0.25) is 0 Å². The Bertz CT molecular complexity index is 788. The third kappa shape index (κ3) is 2.91. The van der Waals surface area contributed by atoms with Gasteiger partial charge < -0.3 is 0 Å². The second-order valence-electron chi connectivity index (χ2n) is 6.32. The fourth-order valence-electron chi connectivity index (χ4n) is 3.75. The van der Waals surface area contributed by atoms with Crippen LogP contribution in [0.3, 0.4) is 0 Å². The van der Waals surface area contributed by atoms with Gasteiger partial charge in [0.15, 0.2) is 0 Å². The Hall–Kier alpha value is -2.08. The molecular weight excluding hydrogens is 276 g/mol. The van der Waals surface area contributed by atoms with Gasteiger partial charge in [-0.15, -0.1) is 0 Å². The molecule has 2 aromatic carbocycles. The molecule has 0 saturated heterocycles. The number of benzene rings is 2. The summed E-state index contributed by atoms with van der Waals surface area (Å²) in [5.41, 5.74) is 11.6. The number of rotatable bonds is 0. The van der Waals surface area contributed by atoms with Gasteiger partial charge in [0.2, 0.25) is 0 Å². The topological polar surface area (TPSA) is 0 Å². The minimum Gasteiger partial charge on any atom is -0.0838 e. The van der Waals surface area contributed by atoms with Gasteiger partial charge in [-0.2, -0.15) is 0 Å². The lowest BCUT2D eigenvalue weighted by Gasteiger charge is -2.17. The predicted molar refractivity (Wildman–Crippen MR) is 102 cm³/mol. The molecule has 0 aliphatic heterocycles. The average Bonchev–Trinajstić information content (AvgIpc) is 2.76. The Labute approximate surface area is 140 Å². The number of hydrogen-bond acceptors (Lipinski definition) is 0. The first kappa shape index (κ1) is 15.8. The monoisotopic (exact) mass is 302 g/mol. The molecule has 0 N–H and O–H groups in total. The van der Waals surface area contributed by atoms with Gasteiger partial charge in [0.1, 0.15) is 0 Å². The van der Waals surface area contributed by atoms with Crippen molar-refractivity contribution in [1.82, 2.24) is 0 Å². The average molecular weight is 302 g/mol. The molecule has 2 aromatic rings. The zero-order valence-corrected chi connectivity index (χ0v) is 14.7. The van der Waals surface area contributed by atoms with Crippen LogP contribution in [0.4, 0.5) is 0 Å². The molecule has 0 bridgehead atoms. The lowest BCUT2D eigenvalue weighted by Crippen LogP contribution is -2.04. The molecule has 0 atom stereocenters. The molecule has 0 fully saturated rings. The van der Waals surface area contributed by atoms with E-state index in [1.807, 2.05) is 13.8 Å². The molecule has 0 heteroatoms. The first-order chi connectivity index (χ1) is 11.2. The Kier molecular flexibility index (Phi) is 4.52. The highest BCUT2D eigenvalue weighted by molar-refractivity contribution is 5.78. The lowest BCUT2D eigenvalue weighted by atomic mass is 9.87. The van der Waals surface area contributed by atoms with E-state index in [1.165, 1.54) is 44.5 Å². The smallest absolute Gasteiger partial charge is 0.00112 e. The zero-order valence-electron chi connectivity index (χ0n) is 14.7. The van der Waals surface area contributed by atoms with Crippen molar-refractivity contribution in [2.45, 2.75) is 47.0 Å². The summed E-state index contributed by atoms with van der Waals surface area (Å²) in [4.78, 5) is 0. The van der Waals surface area contributed by atoms with E-state index in [9.17, 15) is 0 Å². The van der Waals surface area contributed by atoms with E-state index in [1.54, 1.807) is 0 Å². The first-order valence-corrected chi connectivity index (χ1v) is 8.79. The van der Waals surface area contributed by atoms with Gasteiger partial charge in [-0.25, -0.2) is 0 Å². The summed E-state index contributed by atoms with van der Waals surface area (Å²) in [6, 6.07) is 9.29. The highest BCUT2D eigenvalue weighted by Gasteiger charge is 2.17. The molecule has 0 spiro atoms. The van der Waals surface area contributed by atoms with Gasteiger partial charge in [-0.1, -0.05) is 68.0 Å². The third-order valence-electron chi connectivity index (χ3n) is 4.82. The fraction of sp³-hybridized carbons (Fsp3) is 0.304. The molecule has 0 nitrogen and oxygen atoms in total. The maximum atomic E-state index is 2.35. The van der Waals surface area contributed by atoms with Crippen molar-refractivity contribution in [2.24, 2.45) is 0 Å². The van der Waals surface area contributed by atoms with Gasteiger partial charge >= 0.3 is 0 Å². The molecule has 0 unspecified atom stereocenters. The highest BCUT2D eigenvalue weighted by atomic mass is 14.2. The first-order valence-electron chi connectivity index (χ1n) is 8.79. The van der Waals surface area contributed by atoms with Crippen LogP contribution in [0.15, 0.2) is 36.4 Å². The number of allylic oxidation sites excluding steroid dienone is 2. The quantitative estimate of drug-likeness (QED) is 0.443. The minimum atomic E-state index is 1.06. The van der Waals surface area contributed by atoms with E-state index in [0.29, 0.717) is 0 Å². The summed E-state index contributed by atoms with van der Waals surface area (Å²) >= 11 is 0. The lowest BCUT2D eigenvalue weighted by molar-refractivity contribution is 1.05. The maximum absolute atomic E-state index is 2.35. The van der Waals surface area contributed by atoms with Crippen molar-refractivity contribution >= 4 is 12.2 Å². The molecule has 2 aliphatic rings. The molecule has 0 saturated carbocycles. The standard InChI is InChI=1S/C21H20.C2H6/c1-14-11-15(2)21-13-18-8-7-16-5-3-4-6-19(16)20(18)10-9-17(21)12-14;1-2/h3-4,7-12H,5-6,13H2,1-2H3;1-2H3. The van der Waals surface area contributed by atoms with Gasteiger partial charge in [0.25, 0.3) is 0 Å². The molecule has 0 radical (unpaired) electrons. The van der Waals surface area contributed by atoms with Crippen LogP contribution in [0.2, 0.25) is 0 Å². The molecule has 0 amide bonds. The van der Waals surface area contributed by atoms with Crippen LogP contribution >= 0.6 is 0 Å². The van der Waals surface area contributed by atoms with Crippen LogP contribution in [0.25, 0.3) is 12.2 Å². The Morgan fingerprint density at radius 1 is 0.783 bits per heavy atom. The van der Waals surface area contributed by atoms with Gasteiger partial charge in [0.05, 0.1) is 0 Å². The minimum absolute atomic E-state index is 1.06. The van der Waals surface area contributed by atoms with Crippen LogP contribution < -0.4 is 0 Å². The second-order valence-corrected chi connectivity index (χ2v) is 6.32. The number of fused-ring (bicyclic) bond motifs is 4. The summed E-state index contributed by atoms with van der Waals surface area (Å²) in [6.45, 7) is 8.43. The summed E-state index contributed by atoms with van der Waals surface area (Å²) in [5, 5.41) is 0. The van der Waals surface area contributed by atoms with Crippen molar-refractivity contribution < 1.29 is 0 Å². The van der Waals surface area contributed by atoms with Crippen LogP contribution in [0.5, 0.6) is 0 Å². The van der Waals surface area contributed by atoms with Crippen molar-refractivity contribution in [1.29, 1.82) is 0 Å². The largest absolute Gasteiger partial charge is 0.0838 e. The van der Waals surface area contributed by atoms with E-state index in [-0.39, 0.29) is 0 Å². The SMILES string of the molecule is CC.Cc1cc(C)c2c(c1)C=Cc1c(ccc3c1CC=CC3)C2. The molecule has 4 rings (SSSR count). The second kappa shape index (κ2) is 6.58. The summed E-state index contributed by atoms with van der Waals surface area (Å²) in [7, 11) is 0. The molecule has 118 valence electrons. The third-order valence-corrected chi connectivity index (χ3v) is 4.82. The van der Waals surface area contributed by atoms with Crippen LogP contribution in [0, 0.1) is 13.8 Å². The number of hydrogen-bond donors (Lipinski definition) is 0. The van der Waals surface area contributed by atoms with E-state index in [0.717, 1.165) is 19.3 Å². The maximum Gasteiger partial charge on any atom is -0.00112 e. The fourth-order valence-corrected chi connectivity index (χ4v) is 3.75. The van der Waals surface area contributed by atoms with Crippen molar-refractivity contribution in [3.63, 3.8) is 0 Å². The molecule has 0 heterocycles. The molecule has 2 aliphatic carbocycles. The van der Waals surface area contributed by atoms with E-state index >= 15 is 0 Å². The molecule has 23 heavy (non-hydrogen) atoms. The van der Waals surface area contributed by atoms with E-state index < -0.39 is 0 Å². The normalized spacial score (nSPS) is 14.1. The van der Waals surface area contributed by atoms with E-state index in [2.05, 4.69) is 62.4 Å². The Morgan fingerprint density at radius 2 is 1.52 bits per heavy atom. The summed E-state index contributed by atoms with van der Waals surface area (Å²) in [6.07, 6.45) is 12.5. The van der Waals surface area contributed by atoms with Gasteiger partial charge in [-0.05, 0) is 72.1 Å². The van der Waals surface area contributed by atoms with Crippen molar-refractivity contribution in [3.8, 4) is 0 Å². The summed E-state index contributed by atoms with van der Waals surface area (Å²) in [5.74, 6) is 0. The van der Waals surface area contributed by atoms with Crippen LogP contribution in [-0.4, -0.2) is 0 Å². The van der Waals surface area contributed by atoms with E-state index in [4.69, 9.17) is 0 Å². The predicted octanol–water partition coefficient (Wildman–Crippen LogP) is 6.06. The van der Waals surface area contributed by atoms with Crippen molar-refractivity contribution in [3.05, 3.63) is 80.9 Å². The van der Waals surface area contributed by atoms with Crippen LogP contribution in [-0.2, 0) is 19.3 Å². The zero-order chi connectivity index (χ0) is 16.4. The van der Waals surface area contributed by atoms with Crippen molar-refractivity contribution in [2.75, 3.05) is 0 Å². The van der Waals surface area contributed by atoms with Gasteiger partial charge in [0, 0.05) is 0 Å². The summed E-state index contributed by atoms with van der Waals surface area (Å²) < 4.78 is 0. The highest BCUT2D eigenvalue weighted by Crippen LogP contribution is 2.32. The molecular formula is C23H26. The Balaban J connectivity index is 0.000000753. The number of aryl methyl sites for hydroxylation is 2. The Morgan fingerprint density at radius 3 is 2.35 bits per heavy atom. The van der Waals surface area contributed by atoms with Crippen LogP contribution in [0.1, 0.15) is 58.4 Å².